The molecule has 1 aliphatic heterocycles. The summed E-state index contributed by atoms with van der Waals surface area (Å²) in [6.07, 6.45) is 3.72. The first-order valence-electron chi connectivity index (χ1n) is 14.2. The van der Waals surface area contributed by atoms with E-state index in [2.05, 4.69) is 17.6 Å². The summed E-state index contributed by atoms with van der Waals surface area (Å²) in [6.45, 7) is 2.71. The monoisotopic (exact) mass is 625 g/mol. The number of benzene rings is 3. The van der Waals surface area contributed by atoms with E-state index in [4.69, 9.17) is 4.74 Å². The Morgan fingerprint density at radius 2 is 1.73 bits per heavy atom. The highest BCUT2D eigenvalue weighted by Gasteiger charge is 2.40. The van der Waals surface area contributed by atoms with Gasteiger partial charge in [0.1, 0.15) is 11.4 Å². The number of nitrogens with zero attached hydrogens (tertiary/aromatic N) is 1. The van der Waals surface area contributed by atoms with Gasteiger partial charge in [0.15, 0.2) is 0 Å². The first kappa shape index (κ1) is 30.8. The molecule has 1 saturated heterocycles. The molecule has 0 saturated carbocycles. The third kappa shape index (κ3) is 7.83. The molecule has 5 rings (SSSR count). The zero-order valence-corrected chi connectivity index (χ0v) is 25.7. The van der Waals surface area contributed by atoms with Gasteiger partial charge in [-0.2, -0.15) is 0 Å². The lowest BCUT2D eigenvalue weighted by Crippen LogP contribution is -2.31. The number of thiophene rings is 1. The lowest BCUT2D eigenvalue weighted by Gasteiger charge is -2.16. The van der Waals surface area contributed by atoms with Gasteiger partial charge in [-0.15, -0.1) is 23.1 Å². The minimum atomic E-state index is -0.558. The maximum Gasteiger partial charge on any atom is 0.272 e. The van der Waals surface area contributed by atoms with Crippen molar-refractivity contribution in [1.29, 1.82) is 0 Å². The molecule has 4 amide bonds. The second kappa shape index (κ2) is 14.7. The van der Waals surface area contributed by atoms with Crippen LogP contribution in [-0.2, 0) is 14.4 Å². The predicted octanol–water partition coefficient (Wildman–Crippen LogP) is 6.76. The van der Waals surface area contributed by atoms with E-state index in [1.807, 2.05) is 23.6 Å². The molecule has 1 aliphatic rings. The van der Waals surface area contributed by atoms with Gasteiger partial charge in [0.25, 0.3) is 11.8 Å². The molecule has 0 aliphatic carbocycles. The summed E-state index contributed by atoms with van der Waals surface area (Å²) >= 11 is 2.75. The van der Waals surface area contributed by atoms with Crippen LogP contribution in [0.4, 0.5) is 11.4 Å². The van der Waals surface area contributed by atoms with Crippen molar-refractivity contribution in [3.8, 4) is 5.75 Å². The first-order valence-corrected chi connectivity index (χ1v) is 16.0. The molecule has 1 atom stereocenters. The smallest absolute Gasteiger partial charge is 0.272 e. The van der Waals surface area contributed by atoms with Crippen molar-refractivity contribution in [1.82, 2.24) is 5.32 Å². The Hall–Kier alpha value is -4.67. The summed E-state index contributed by atoms with van der Waals surface area (Å²) in [6, 6.07) is 26.4. The standard InChI is InChI=1S/C34H31N3O5S2/c1-2-3-19-42-26-15-13-25(14-16-26)37-31(38)22-30(34(37)41)44-27-17-11-24(12-18-27)35-33(40)29(21-28-10-7-20-43-28)36-32(39)23-8-5-4-6-9-23/h4-18,20-21,30H,2-3,19,22H2,1H3,(H,35,40)(H,36,39)/b29-21-. The normalized spacial score (nSPS) is 14.9. The number of rotatable bonds is 12. The van der Waals surface area contributed by atoms with Gasteiger partial charge in [0, 0.05) is 27.4 Å². The van der Waals surface area contributed by atoms with Gasteiger partial charge in [0.2, 0.25) is 11.8 Å². The summed E-state index contributed by atoms with van der Waals surface area (Å²) in [5.74, 6) is -0.686. The number of hydrogen-bond donors (Lipinski definition) is 2. The molecule has 1 aromatic heterocycles. The lowest BCUT2D eigenvalue weighted by molar-refractivity contribution is -0.121. The third-order valence-electron chi connectivity index (χ3n) is 6.72. The zero-order chi connectivity index (χ0) is 30.9. The van der Waals surface area contributed by atoms with Crippen molar-refractivity contribution in [3.05, 3.63) is 113 Å². The Labute approximate surface area is 264 Å². The van der Waals surface area contributed by atoms with Gasteiger partial charge in [-0.25, -0.2) is 4.90 Å². The molecule has 224 valence electrons. The number of nitrogens with one attached hydrogen (secondary N) is 2. The molecule has 10 heteroatoms. The van der Waals surface area contributed by atoms with E-state index in [0.29, 0.717) is 29.3 Å². The number of amides is 4. The molecule has 8 nitrogen and oxygen atoms in total. The molecule has 0 spiro atoms. The minimum absolute atomic E-state index is 0.0920. The van der Waals surface area contributed by atoms with E-state index in [-0.39, 0.29) is 23.9 Å². The van der Waals surface area contributed by atoms with Gasteiger partial charge >= 0.3 is 0 Å². The summed E-state index contributed by atoms with van der Waals surface area (Å²) < 4.78 is 5.68. The van der Waals surface area contributed by atoms with Crippen LogP contribution in [0.1, 0.15) is 41.4 Å². The van der Waals surface area contributed by atoms with E-state index >= 15 is 0 Å². The largest absolute Gasteiger partial charge is 0.494 e. The van der Waals surface area contributed by atoms with Crippen molar-refractivity contribution < 1.29 is 23.9 Å². The van der Waals surface area contributed by atoms with Crippen molar-refractivity contribution in [2.45, 2.75) is 36.3 Å². The molecule has 2 N–H and O–H groups in total. The number of carbonyl (C=O) groups excluding carboxylic acids is 4. The van der Waals surface area contributed by atoms with E-state index in [1.165, 1.54) is 28.0 Å². The molecule has 0 radical (unpaired) electrons. The van der Waals surface area contributed by atoms with Gasteiger partial charge in [-0.05, 0) is 84.6 Å². The topological polar surface area (TPSA) is 105 Å². The highest BCUT2D eigenvalue weighted by molar-refractivity contribution is 8.00. The van der Waals surface area contributed by atoms with Crippen LogP contribution in [-0.4, -0.2) is 35.5 Å². The average molecular weight is 626 g/mol. The maximum absolute atomic E-state index is 13.2. The Bertz CT molecular complexity index is 1640. The van der Waals surface area contributed by atoms with Crippen LogP contribution in [0, 0.1) is 0 Å². The summed E-state index contributed by atoms with van der Waals surface area (Å²) in [5, 5.41) is 6.88. The fraction of sp³-hybridized carbons (Fsp3) is 0.176. The molecular formula is C34H31N3O5S2. The van der Waals surface area contributed by atoms with E-state index in [1.54, 1.807) is 78.9 Å². The van der Waals surface area contributed by atoms with E-state index < -0.39 is 17.1 Å². The molecule has 1 unspecified atom stereocenters. The quantitative estimate of drug-likeness (QED) is 0.102. The van der Waals surface area contributed by atoms with Gasteiger partial charge in [0.05, 0.1) is 17.5 Å². The van der Waals surface area contributed by atoms with Crippen LogP contribution in [0.15, 0.2) is 107 Å². The number of unbranched alkanes of at least 4 members (excludes halogenated alkanes) is 1. The van der Waals surface area contributed by atoms with Gasteiger partial charge in [-0.3, -0.25) is 19.2 Å². The zero-order valence-electron chi connectivity index (χ0n) is 24.0. The minimum Gasteiger partial charge on any atom is -0.494 e. The summed E-state index contributed by atoms with van der Waals surface area (Å²) in [4.78, 5) is 54.8. The fourth-order valence-corrected chi connectivity index (χ4v) is 6.14. The molecule has 0 bridgehead atoms. The second-order valence-electron chi connectivity index (χ2n) is 9.95. The molecule has 44 heavy (non-hydrogen) atoms. The van der Waals surface area contributed by atoms with Crippen molar-refractivity contribution in [2.24, 2.45) is 0 Å². The van der Waals surface area contributed by atoms with Gasteiger partial charge < -0.3 is 15.4 Å². The summed E-state index contributed by atoms with van der Waals surface area (Å²) in [7, 11) is 0. The SMILES string of the molecule is CCCCOc1ccc(N2C(=O)CC(Sc3ccc(NC(=O)/C(=C/c4cccs4)NC(=O)c4ccccc4)cc3)C2=O)cc1. The third-order valence-corrected chi connectivity index (χ3v) is 8.73. The summed E-state index contributed by atoms with van der Waals surface area (Å²) in [5.41, 5.74) is 1.58. The Morgan fingerprint density at radius 3 is 2.41 bits per heavy atom. The average Bonchev–Trinajstić information content (AvgIpc) is 3.65. The Morgan fingerprint density at radius 1 is 0.977 bits per heavy atom. The molecule has 3 aromatic carbocycles. The molecule has 4 aromatic rings. The Balaban J connectivity index is 1.21. The second-order valence-corrected chi connectivity index (χ2v) is 12.2. The van der Waals surface area contributed by atoms with Crippen LogP contribution in [0.2, 0.25) is 0 Å². The molecule has 2 heterocycles. The van der Waals surface area contributed by atoms with Crippen molar-refractivity contribution in [3.63, 3.8) is 0 Å². The maximum atomic E-state index is 13.2. The van der Waals surface area contributed by atoms with Crippen molar-refractivity contribution >= 4 is 64.2 Å². The predicted molar refractivity (Wildman–Crippen MR) is 175 cm³/mol. The number of imide groups is 1. The highest BCUT2D eigenvalue weighted by Crippen LogP contribution is 2.35. The fourth-order valence-electron chi connectivity index (χ4n) is 4.43. The van der Waals surface area contributed by atoms with Crippen LogP contribution < -0.4 is 20.3 Å². The molecule has 1 fully saturated rings. The highest BCUT2D eigenvalue weighted by atomic mass is 32.2. The first-order chi connectivity index (χ1) is 21.4. The lowest BCUT2D eigenvalue weighted by atomic mass is 10.2. The van der Waals surface area contributed by atoms with Gasteiger partial charge in [-0.1, -0.05) is 37.6 Å². The Kier molecular flexibility index (Phi) is 10.3. The number of ether oxygens (including phenoxy) is 1. The van der Waals surface area contributed by atoms with Crippen LogP contribution in [0.3, 0.4) is 0 Å². The van der Waals surface area contributed by atoms with E-state index in [0.717, 1.165) is 22.6 Å². The van der Waals surface area contributed by atoms with E-state index in [9.17, 15) is 19.2 Å². The van der Waals surface area contributed by atoms with Crippen LogP contribution in [0.5, 0.6) is 5.75 Å². The van der Waals surface area contributed by atoms with Crippen LogP contribution >= 0.6 is 23.1 Å². The number of thioether (sulfide) groups is 1. The number of anilines is 2. The van der Waals surface area contributed by atoms with Crippen LogP contribution in [0.25, 0.3) is 6.08 Å². The number of hydrogen-bond acceptors (Lipinski definition) is 7. The molecular weight excluding hydrogens is 595 g/mol. The number of carbonyl (C=O) groups is 4. The van der Waals surface area contributed by atoms with Crippen molar-refractivity contribution in [2.75, 3.05) is 16.8 Å².